The lowest BCUT2D eigenvalue weighted by Gasteiger charge is -2.20. The average molecular weight is 222 g/mol. The molecular formula is C13H22N2O. The normalized spacial score (nSPS) is 10.9. The van der Waals surface area contributed by atoms with Crippen molar-refractivity contribution >= 4 is 5.69 Å². The Bertz CT molecular complexity index is 326. The van der Waals surface area contributed by atoms with Gasteiger partial charge in [-0.1, -0.05) is 20.3 Å². The number of benzene rings is 1. The van der Waals surface area contributed by atoms with Crippen molar-refractivity contribution in [2.24, 2.45) is 0 Å². The van der Waals surface area contributed by atoms with Crippen LogP contribution in [0.5, 0.6) is 5.75 Å². The molecule has 90 valence electrons. The number of unbranched alkanes of at least 4 members (excludes halogenated alkanes) is 1. The molecule has 0 saturated carbocycles. The molecule has 0 atom stereocenters. The molecule has 0 spiro atoms. The van der Waals surface area contributed by atoms with Crippen LogP contribution in [0.4, 0.5) is 5.69 Å². The Hall–Kier alpha value is -1.22. The molecule has 0 aliphatic rings. The summed E-state index contributed by atoms with van der Waals surface area (Å²) in [4.78, 5) is 2.32. The first kappa shape index (κ1) is 12.8. The van der Waals surface area contributed by atoms with Gasteiger partial charge >= 0.3 is 0 Å². The van der Waals surface area contributed by atoms with E-state index in [0.29, 0.717) is 11.4 Å². The second-order valence-electron chi connectivity index (χ2n) is 4.11. The van der Waals surface area contributed by atoms with Gasteiger partial charge in [-0.2, -0.15) is 0 Å². The highest BCUT2D eigenvalue weighted by Gasteiger charge is 2.07. The van der Waals surface area contributed by atoms with Gasteiger partial charge in [-0.05, 0) is 37.7 Å². The molecule has 0 aliphatic heterocycles. The molecule has 0 aromatic heterocycles. The van der Waals surface area contributed by atoms with Crippen molar-refractivity contribution in [2.45, 2.75) is 33.2 Å². The van der Waals surface area contributed by atoms with Crippen LogP contribution in [-0.2, 0) is 6.54 Å². The Morgan fingerprint density at radius 2 is 2.06 bits per heavy atom. The number of nitrogens with zero attached hydrogens (tertiary/aromatic N) is 1. The van der Waals surface area contributed by atoms with Crippen molar-refractivity contribution in [2.75, 3.05) is 18.8 Å². The number of nitrogen functional groups attached to an aromatic ring is 1. The number of phenolic OH excluding ortho intramolecular Hbond substituents is 1. The summed E-state index contributed by atoms with van der Waals surface area (Å²) in [6.07, 6.45) is 2.39. The Morgan fingerprint density at radius 3 is 2.69 bits per heavy atom. The fraction of sp³-hybridized carbons (Fsp3) is 0.538. The number of hydrogen-bond acceptors (Lipinski definition) is 3. The Balaban J connectivity index is 2.65. The van der Waals surface area contributed by atoms with Gasteiger partial charge in [-0.3, -0.25) is 4.90 Å². The van der Waals surface area contributed by atoms with Crippen LogP contribution in [0.3, 0.4) is 0 Å². The van der Waals surface area contributed by atoms with Gasteiger partial charge in [-0.25, -0.2) is 0 Å². The largest absolute Gasteiger partial charge is 0.508 e. The summed E-state index contributed by atoms with van der Waals surface area (Å²) in [6, 6.07) is 5.24. The molecule has 0 bridgehead atoms. The summed E-state index contributed by atoms with van der Waals surface area (Å²) in [5, 5.41) is 9.72. The molecule has 0 fully saturated rings. The quantitative estimate of drug-likeness (QED) is 0.574. The standard InChI is InChI=1S/C13H22N2O/c1-3-5-8-15(4-2)10-11-9-12(14)6-7-13(11)16/h6-7,9,16H,3-5,8,10,14H2,1-2H3. The molecule has 1 rings (SSSR count). The highest BCUT2D eigenvalue weighted by Crippen LogP contribution is 2.21. The van der Waals surface area contributed by atoms with Crippen molar-refractivity contribution < 1.29 is 5.11 Å². The van der Waals surface area contributed by atoms with E-state index < -0.39 is 0 Å². The maximum atomic E-state index is 9.72. The molecule has 16 heavy (non-hydrogen) atoms. The number of rotatable bonds is 6. The van der Waals surface area contributed by atoms with Crippen molar-refractivity contribution in [1.29, 1.82) is 0 Å². The van der Waals surface area contributed by atoms with Crippen LogP contribution < -0.4 is 5.73 Å². The van der Waals surface area contributed by atoms with Gasteiger partial charge in [0.05, 0.1) is 0 Å². The predicted molar refractivity (Wildman–Crippen MR) is 68.4 cm³/mol. The summed E-state index contributed by atoms with van der Waals surface area (Å²) >= 11 is 0. The van der Waals surface area contributed by atoms with Gasteiger partial charge in [0, 0.05) is 17.8 Å². The number of anilines is 1. The highest BCUT2D eigenvalue weighted by atomic mass is 16.3. The van der Waals surface area contributed by atoms with Crippen molar-refractivity contribution in [3.63, 3.8) is 0 Å². The third kappa shape index (κ3) is 3.74. The Labute approximate surface area is 97.9 Å². The topological polar surface area (TPSA) is 49.5 Å². The van der Waals surface area contributed by atoms with E-state index in [-0.39, 0.29) is 0 Å². The molecule has 3 N–H and O–H groups in total. The highest BCUT2D eigenvalue weighted by molar-refractivity contribution is 5.47. The molecule has 1 aromatic rings. The van der Waals surface area contributed by atoms with Gasteiger partial charge in [0.1, 0.15) is 5.75 Å². The number of phenols is 1. The minimum absolute atomic E-state index is 0.337. The van der Waals surface area contributed by atoms with E-state index in [1.54, 1.807) is 12.1 Å². The second kappa shape index (κ2) is 6.38. The van der Waals surface area contributed by atoms with Crippen LogP contribution in [-0.4, -0.2) is 23.1 Å². The Kier molecular flexibility index (Phi) is 5.12. The van der Waals surface area contributed by atoms with Crippen LogP contribution in [0.2, 0.25) is 0 Å². The molecule has 1 aromatic carbocycles. The summed E-state index contributed by atoms with van der Waals surface area (Å²) in [6.45, 7) is 7.16. The van der Waals surface area contributed by atoms with Gasteiger partial charge < -0.3 is 10.8 Å². The first-order valence-electron chi connectivity index (χ1n) is 5.97. The molecule has 0 aliphatic carbocycles. The zero-order chi connectivity index (χ0) is 12.0. The molecule has 3 nitrogen and oxygen atoms in total. The number of nitrogens with two attached hydrogens (primary N) is 1. The summed E-state index contributed by atoms with van der Waals surface area (Å²) in [5.41, 5.74) is 7.34. The van der Waals surface area contributed by atoms with Crippen LogP contribution in [0, 0.1) is 0 Å². The molecule has 0 unspecified atom stereocenters. The number of hydrogen-bond donors (Lipinski definition) is 2. The molecule has 0 amide bonds. The van der Waals surface area contributed by atoms with Gasteiger partial charge in [0.2, 0.25) is 0 Å². The fourth-order valence-electron chi connectivity index (χ4n) is 1.70. The van der Waals surface area contributed by atoms with Gasteiger partial charge in [0.15, 0.2) is 0 Å². The summed E-state index contributed by atoms with van der Waals surface area (Å²) in [7, 11) is 0. The minimum Gasteiger partial charge on any atom is -0.508 e. The van der Waals surface area contributed by atoms with Crippen LogP contribution in [0.25, 0.3) is 0 Å². The third-order valence-electron chi connectivity index (χ3n) is 2.77. The van der Waals surface area contributed by atoms with Crippen molar-refractivity contribution in [1.82, 2.24) is 4.90 Å². The van der Waals surface area contributed by atoms with E-state index in [9.17, 15) is 5.11 Å². The monoisotopic (exact) mass is 222 g/mol. The predicted octanol–water partition coefficient (Wildman–Crippen LogP) is 2.60. The van der Waals surface area contributed by atoms with Crippen LogP contribution in [0.1, 0.15) is 32.3 Å². The maximum Gasteiger partial charge on any atom is 0.120 e. The van der Waals surface area contributed by atoms with E-state index in [0.717, 1.165) is 25.2 Å². The molecule has 0 saturated heterocycles. The zero-order valence-electron chi connectivity index (χ0n) is 10.2. The first-order chi connectivity index (χ1) is 7.67. The second-order valence-corrected chi connectivity index (χ2v) is 4.11. The van der Waals surface area contributed by atoms with Crippen LogP contribution in [0.15, 0.2) is 18.2 Å². The van der Waals surface area contributed by atoms with Gasteiger partial charge in [0.25, 0.3) is 0 Å². The maximum absolute atomic E-state index is 9.72. The lowest BCUT2D eigenvalue weighted by atomic mass is 10.1. The minimum atomic E-state index is 0.337. The lowest BCUT2D eigenvalue weighted by Crippen LogP contribution is -2.24. The van der Waals surface area contributed by atoms with Gasteiger partial charge in [-0.15, -0.1) is 0 Å². The Morgan fingerprint density at radius 1 is 1.31 bits per heavy atom. The third-order valence-corrected chi connectivity index (χ3v) is 2.77. The van der Waals surface area contributed by atoms with Crippen molar-refractivity contribution in [3.8, 4) is 5.75 Å². The molecule has 0 radical (unpaired) electrons. The zero-order valence-corrected chi connectivity index (χ0v) is 10.2. The van der Waals surface area contributed by atoms with Crippen molar-refractivity contribution in [3.05, 3.63) is 23.8 Å². The van der Waals surface area contributed by atoms with E-state index in [4.69, 9.17) is 5.73 Å². The van der Waals surface area contributed by atoms with Crippen LogP contribution >= 0.6 is 0 Å². The first-order valence-corrected chi connectivity index (χ1v) is 5.97. The average Bonchev–Trinajstić information content (AvgIpc) is 2.28. The summed E-state index contributed by atoms with van der Waals surface area (Å²) in [5.74, 6) is 0.337. The summed E-state index contributed by atoms with van der Waals surface area (Å²) < 4.78 is 0. The number of aromatic hydroxyl groups is 1. The molecular weight excluding hydrogens is 200 g/mol. The van der Waals surface area contributed by atoms with E-state index in [1.165, 1.54) is 12.8 Å². The molecule has 0 heterocycles. The molecule has 3 heteroatoms. The smallest absolute Gasteiger partial charge is 0.120 e. The lowest BCUT2D eigenvalue weighted by molar-refractivity contribution is 0.271. The van der Waals surface area contributed by atoms with E-state index in [2.05, 4.69) is 18.7 Å². The van der Waals surface area contributed by atoms with E-state index >= 15 is 0 Å². The van der Waals surface area contributed by atoms with E-state index in [1.807, 2.05) is 6.07 Å². The fourth-order valence-corrected chi connectivity index (χ4v) is 1.70. The SMILES string of the molecule is CCCCN(CC)Cc1cc(N)ccc1O.